The molecule has 1 aliphatic rings. The van der Waals surface area contributed by atoms with E-state index < -0.39 is 5.60 Å². The average molecular weight is 418 g/mol. The average Bonchev–Trinajstić information content (AvgIpc) is 2.52. The molecule has 1 fully saturated rings. The molecule has 0 spiro atoms. The van der Waals surface area contributed by atoms with Gasteiger partial charge in [0.05, 0.1) is 17.8 Å². The third-order valence-corrected chi connectivity index (χ3v) is 3.84. The van der Waals surface area contributed by atoms with Gasteiger partial charge in [-0.2, -0.15) is 0 Å². The summed E-state index contributed by atoms with van der Waals surface area (Å²) >= 11 is 0. The molecule has 6 heteroatoms. The maximum absolute atomic E-state index is 10.5. The van der Waals surface area contributed by atoms with E-state index in [1.807, 2.05) is 25.1 Å². The number of aromatic nitrogens is 1. The standard InChI is InChI=1S/C16H26N4O.HI/c1-2-17-15(19-12-14-8-4-7-11-18-14)20-13-16(21)9-5-3-6-10-16;/h4,7-8,11,21H,2-3,5-6,9-10,12-13H2,1H3,(H2,17,19,20);1H. The monoisotopic (exact) mass is 418 g/mol. The molecule has 1 aromatic heterocycles. The van der Waals surface area contributed by atoms with Crippen LogP contribution in [0.5, 0.6) is 0 Å². The Kier molecular flexibility index (Phi) is 8.70. The molecular formula is C16H27IN4O. The lowest BCUT2D eigenvalue weighted by atomic mass is 9.85. The number of hydrogen-bond donors (Lipinski definition) is 3. The number of guanidine groups is 1. The van der Waals surface area contributed by atoms with Gasteiger partial charge in [-0.15, -0.1) is 24.0 Å². The van der Waals surface area contributed by atoms with E-state index in [-0.39, 0.29) is 24.0 Å². The first-order chi connectivity index (χ1) is 10.2. The van der Waals surface area contributed by atoms with Crippen molar-refractivity contribution in [3.8, 4) is 0 Å². The number of aliphatic imine (C=N–C) groups is 1. The minimum atomic E-state index is -0.584. The maximum Gasteiger partial charge on any atom is 0.191 e. The highest BCUT2D eigenvalue weighted by molar-refractivity contribution is 14.0. The van der Waals surface area contributed by atoms with Crippen LogP contribution in [-0.2, 0) is 6.54 Å². The normalized spacial score (nSPS) is 17.5. The predicted molar refractivity (Wildman–Crippen MR) is 101 cm³/mol. The topological polar surface area (TPSA) is 69.5 Å². The minimum absolute atomic E-state index is 0. The Morgan fingerprint density at radius 2 is 2.05 bits per heavy atom. The van der Waals surface area contributed by atoms with E-state index in [1.165, 1.54) is 6.42 Å². The van der Waals surface area contributed by atoms with Crippen molar-refractivity contribution in [2.75, 3.05) is 13.1 Å². The molecule has 0 bridgehead atoms. The molecule has 1 aromatic rings. The predicted octanol–water partition coefficient (Wildman–Crippen LogP) is 2.45. The zero-order valence-electron chi connectivity index (χ0n) is 13.2. The Morgan fingerprint density at radius 3 is 2.68 bits per heavy atom. The van der Waals surface area contributed by atoms with E-state index in [0.717, 1.165) is 43.9 Å². The molecule has 0 radical (unpaired) electrons. The molecule has 3 N–H and O–H groups in total. The SMILES string of the molecule is CCNC(=NCc1ccccn1)NCC1(O)CCCCC1.I. The molecular weight excluding hydrogens is 391 g/mol. The molecule has 1 heterocycles. The van der Waals surface area contributed by atoms with E-state index >= 15 is 0 Å². The molecule has 0 unspecified atom stereocenters. The van der Waals surface area contributed by atoms with Gasteiger partial charge < -0.3 is 15.7 Å². The summed E-state index contributed by atoms with van der Waals surface area (Å²) in [5.74, 6) is 0.738. The van der Waals surface area contributed by atoms with Gasteiger partial charge in [0.25, 0.3) is 0 Å². The van der Waals surface area contributed by atoms with Gasteiger partial charge in [-0.05, 0) is 31.9 Å². The number of aliphatic hydroxyl groups is 1. The highest BCUT2D eigenvalue weighted by Crippen LogP contribution is 2.27. The van der Waals surface area contributed by atoms with Crippen LogP contribution in [0.4, 0.5) is 0 Å². The van der Waals surface area contributed by atoms with Crippen LogP contribution in [0.3, 0.4) is 0 Å². The summed E-state index contributed by atoms with van der Waals surface area (Å²) in [7, 11) is 0. The summed E-state index contributed by atoms with van der Waals surface area (Å²) in [5.41, 5.74) is 0.352. The number of halogens is 1. The number of hydrogen-bond acceptors (Lipinski definition) is 3. The van der Waals surface area contributed by atoms with Crippen LogP contribution >= 0.6 is 24.0 Å². The van der Waals surface area contributed by atoms with Gasteiger partial charge >= 0.3 is 0 Å². The van der Waals surface area contributed by atoms with Crippen LogP contribution in [0.15, 0.2) is 29.4 Å². The highest BCUT2D eigenvalue weighted by atomic mass is 127. The second-order valence-corrected chi connectivity index (χ2v) is 5.65. The second-order valence-electron chi connectivity index (χ2n) is 5.65. The first-order valence-electron chi connectivity index (χ1n) is 7.86. The van der Waals surface area contributed by atoms with Gasteiger partial charge in [-0.25, -0.2) is 4.99 Å². The third kappa shape index (κ3) is 6.48. The van der Waals surface area contributed by atoms with Crippen LogP contribution in [0.2, 0.25) is 0 Å². The van der Waals surface area contributed by atoms with E-state index in [1.54, 1.807) is 6.20 Å². The molecule has 124 valence electrons. The van der Waals surface area contributed by atoms with Crippen molar-refractivity contribution in [2.24, 2.45) is 4.99 Å². The lowest BCUT2D eigenvalue weighted by molar-refractivity contribution is 0.00859. The van der Waals surface area contributed by atoms with Gasteiger partial charge in [-0.1, -0.05) is 25.3 Å². The van der Waals surface area contributed by atoms with Gasteiger partial charge in [0.15, 0.2) is 5.96 Å². The number of nitrogens with zero attached hydrogens (tertiary/aromatic N) is 2. The molecule has 2 rings (SSSR count). The summed E-state index contributed by atoms with van der Waals surface area (Å²) in [5, 5.41) is 17.0. The van der Waals surface area contributed by atoms with Crippen molar-refractivity contribution in [3.63, 3.8) is 0 Å². The van der Waals surface area contributed by atoms with Gasteiger partial charge in [0, 0.05) is 19.3 Å². The van der Waals surface area contributed by atoms with Gasteiger partial charge in [0.2, 0.25) is 0 Å². The summed E-state index contributed by atoms with van der Waals surface area (Å²) in [4.78, 5) is 8.78. The van der Waals surface area contributed by atoms with Crippen molar-refractivity contribution in [1.29, 1.82) is 0 Å². The van der Waals surface area contributed by atoms with E-state index in [2.05, 4.69) is 20.6 Å². The van der Waals surface area contributed by atoms with E-state index in [0.29, 0.717) is 13.1 Å². The number of nitrogens with one attached hydrogen (secondary N) is 2. The molecule has 0 saturated heterocycles. The van der Waals surface area contributed by atoms with Crippen molar-refractivity contribution < 1.29 is 5.11 Å². The largest absolute Gasteiger partial charge is 0.388 e. The smallest absolute Gasteiger partial charge is 0.191 e. The lowest BCUT2D eigenvalue weighted by Crippen LogP contribution is -2.48. The van der Waals surface area contributed by atoms with E-state index in [4.69, 9.17) is 0 Å². The van der Waals surface area contributed by atoms with Crippen molar-refractivity contribution in [3.05, 3.63) is 30.1 Å². The van der Waals surface area contributed by atoms with Crippen molar-refractivity contribution >= 4 is 29.9 Å². The number of rotatable bonds is 5. The Morgan fingerprint density at radius 1 is 1.27 bits per heavy atom. The molecule has 5 nitrogen and oxygen atoms in total. The Bertz CT molecular complexity index is 447. The first-order valence-corrected chi connectivity index (χ1v) is 7.86. The summed E-state index contributed by atoms with van der Waals surface area (Å²) < 4.78 is 0. The van der Waals surface area contributed by atoms with Crippen molar-refractivity contribution in [1.82, 2.24) is 15.6 Å². The van der Waals surface area contributed by atoms with Crippen LogP contribution < -0.4 is 10.6 Å². The van der Waals surface area contributed by atoms with Gasteiger partial charge in [0.1, 0.15) is 0 Å². The molecule has 0 aliphatic heterocycles. The summed E-state index contributed by atoms with van der Waals surface area (Å²) in [6, 6.07) is 5.82. The Hall–Kier alpha value is -0.890. The van der Waals surface area contributed by atoms with Crippen LogP contribution in [0.1, 0.15) is 44.7 Å². The van der Waals surface area contributed by atoms with E-state index in [9.17, 15) is 5.11 Å². The van der Waals surface area contributed by atoms with Crippen LogP contribution in [0, 0.1) is 0 Å². The number of pyridine rings is 1. The lowest BCUT2D eigenvalue weighted by Gasteiger charge is -2.32. The van der Waals surface area contributed by atoms with Crippen LogP contribution in [0.25, 0.3) is 0 Å². The Labute approximate surface area is 150 Å². The van der Waals surface area contributed by atoms with Gasteiger partial charge in [-0.3, -0.25) is 4.98 Å². The molecule has 22 heavy (non-hydrogen) atoms. The van der Waals surface area contributed by atoms with Crippen LogP contribution in [-0.4, -0.2) is 34.7 Å². The zero-order valence-corrected chi connectivity index (χ0v) is 15.5. The minimum Gasteiger partial charge on any atom is -0.388 e. The summed E-state index contributed by atoms with van der Waals surface area (Å²) in [6.45, 7) is 3.93. The molecule has 1 aliphatic carbocycles. The van der Waals surface area contributed by atoms with Crippen molar-refractivity contribution in [2.45, 2.75) is 51.2 Å². The molecule has 1 saturated carbocycles. The molecule has 0 aromatic carbocycles. The molecule has 0 amide bonds. The zero-order chi connectivity index (χ0) is 15.0. The fourth-order valence-electron chi connectivity index (χ4n) is 2.63. The first kappa shape index (κ1) is 19.2. The highest BCUT2D eigenvalue weighted by Gasteiger charge is 2.29. The quantitative estimate of drug-likeness (QED) is 0.391. The fraction of sp³-hybridized carbons (Fsp3) is 0.625. The third-order valence-electron chi connectivity index (χ3n) is 3.84. The molecule has 0 atom stereocenters. The second kappa shape index (κ2) is 9.99. The maximum atomic E-state index is 10.5. The summed E-state index contributed by atoms with van der Waals surface area (Å²) in [6.07, 6.45) is 6.98. The fourth-order valence-corrected chi connectivity index (χ4v) is 2.63. The Balaban J connectivity index is 0.00000242.